The van der Waals surface area contributed by atoms with Crippen LogP contribution in [0.3, 0.4) is 0 Å². The molecule has 1 unspecified atom stereocenters. The fourth-order valence-corrected chi connectivity index (χ4v) is 3.08. The number of rotatable bonds is 9. The minimum absolute atomic E-state index is 0.0687. The maximum atomic E-state index is 12.5. The van der Waals surface area contributed by atoms with Crippen LogP contribution in [0.4, 0.5) is 13.2 Å². The number of ketones is 1. The zero-order chi connectivity index (χ0) is 22.3. The second-order valence-corrected chi connectivity index (χ2v) is 7.28. The van der Waals surface area contributed by atoms with Crippen LogP contribution in [-0.2, 0) is 9.63 Å². The number of hydroxylamine groups is 2. The van der Waals surface area contributed by atoms with E-state index in [2.05, 4.69) is 4.84 Å². The Hall–Kier alpha value is -2.56. The molecular formula is C20H20F3NO5S. The summed E-state index contributed by atoms with van der Waals surface area (Å²) in [5, 5.41) is 9.34. The molecule has 1 atom stereocenters. The van der Waals surface area contributed by atoms with E-state index in [1.807, 2.05) is 12.1 Å². The van der Waals surface area contributed by atoms with Crippen LogP contribution in [0.2, 0.25) is 0 Å². The van der Waals surface area contributed by atoms with Crippen molar-refractivity contribution in [2.45, 2.75) is 28.9 Å². The lowest BCUT2D eigenvalue weighted by Gasteiger charge is -2.22. The number of aliphatic hydroxyl groups is 1. The van der Waals surface area contributed by atoms with Gasteiger partial charge in [-0.15, -0.1) is 5.06 Å². The number of carbonyl (C=O) groups is 2. The number of aliphatic hydroxyl groups excluding tert-OH is 1. The number of ether oxygens (including phenoxy) is 1. The number of nitrogens with zero attached hydrogens (tertiary/aromatic N) is 1. The molecule has 0 aliphatic rings. The van der Waals surface area contributed by atoms with E-state index in [0.717, 1.165) is 16.8 Å². The standard InChI is InChI=1S/C20H20F3NO5S/c1-13(24(2)29-19(27)20(21,22)23)18(26)14-3-7-16(8-4-14)30-17-9-5-15(6-10-17)28-12-11-25/h3-10,13,25H,11-12H2,1-2H3. The number of halogens is 3. The molecule has 2 aromatic carbocycles. The van der Waals surface area contributed by atoms with Crippen LogP contribution in [0.15, 0.2) is 58.3 Å². The zero-order valence-corrected chi connectivity index (χ0v) is 17.0. The molecule has 10 heteroatoms. The van der Waals surface area contributed by atoms with Crippen molar-refractivity contribution in [3.05, 3.63) is 54.1 Å². The first-order valence-corrected chi connectivity index (χ1v) is 9.61. The number of hydrogen-bond acceptors (Lipinski definition) is 7. The predicted molar refractivity (Wildman–Crippen MR) is 103 cm³/mol. The molecule has 0 aliphatic carbocycles. The molecule has 162 valence electrons. The minimum atomic E-state index is -5.14. The molecule has 2 aromatic rings. The van der Waals surface area contributed by atoms with Crippen LogP contribution in [0.5, 0.6) is 5.75 Å². The average molecular weight is 443 g/mol. The normalized spacial score (nSPS) is 12.5. The molecule has 0 radical (unpaired) electrons. The average Bonchev–Trinajstić information content (AvgIpc) is 2.72. The van der Waals surface area contributed by atoms with Gasteiger partial charge in [0.2, 0.25) is 0 Å². The third kappa shape index (κ3) is 6.75. The van der Waals surface area contributed by atoms with Crippen LogP contribution >= 0.6 is 11.8 Å². The number of Topliss-reactive ketones (excluding diaryl/α,β-unsaturated/α-hetero) is 1. The summed E-state index contributed by atoms with van der Waals surface area (Å²) in [6, 6.07) is 12.7. The van der Waals surface area contributed by atoms with Gasteiger partial charge >= 0.3 is 12.1 Å². The van der Waals surface area contributed by atoms with Crippen molar-refractivity contribution in [3.63, 3.8) is 0 Å². The van der Waals surface area contributed by atoms with Gasteiger partial charge in [-0.2, -0.15) is 13.2 Å². The highest BCUT2D eigenvalue weighted by Crippen LogP contribution is 2.29. The fraction of sp³-hybridized carbons (Fsp3) is 0.300. The van der Waals surface area contributed by atoms with Gasteiger partial charge < -0.3 is 14.7 Å². The molecule has 0 amide bonds. The van der Waals surface area contributed by atoms with Crippen molar-refractivity contribution < 1.29 is 37.4 Å². The van der Waals surface area contributed by atoms with Gasteiger partial charge in [0.25, 0.3) is 0 Å². The van der Waals surface area contributed by atoms with E-state index < -0.39 is 24.0 Å². The molecule has 0 fully saturated rings. The van der Waals surface area contributed by atoms with Gasteiger partial charge in [-0.3, -0.25) is 4.79 Å². The molecule has 0 heterocycles. The lowest BCUT2D eigenvalue weighted by Crippen LogP contribution is -2.41. The predicted octanol–water partition coefficient (Wildman–Crippen LogP) is 3.73. The molecule has 0 aromatic heterocycles. The van der Waals surface area contributed by atoms with E-state index in [9.17, 15) is 22.8 Å². The summed E-state index contributed by atoms with van der Waals surface area (Å²) in [6.45, 7) is 1.49. The highest BCUT2D eigenvalue weighted by molar-refractivity contribution is 7.99. The van der Waals surface area contributed by atoms with E-state index in [0.29, 0.717) is 10.8 Å². The SMILES string of the molecule is CC(C(=O)c1ccc(Sc2ccc(OCCO)cc2)cc1)N(C)OC(=O)C(F)(F)F. The molecule has 0 bridgehead atoms. The third-order valence-electron chi connectivity index (χ3n) is 3.94. The largest absolute Gasteiger partial charge is 0.492 e. The summed E-state index contributed by atoms with van der Waals surface area (Å²) >= 11 is 1.45. The molecule has 2 rings (SSSR count). The van der Waals surface area contributed by atoms with Crippen molar-refractivity contribution in [2.24, 2.45) is 0 Å². The Balaban J connectivity index is 1.97. The summed E-state index contributed by atoms with van der Waals surface area (Å²) in [5.74, 6) is -2.24. The lowest BCUT2D eigenvalue weighted by atomic mass is 10.1. The smallest absolute Gasteiger partial charge is 0.491 e. The summed E-state index contributed by atoms with van der Waals surface area (Å²) in [4.78, 5) is 29.3. The second kappa shape index (κ2) is 10.5. The Morgan fingerprint density at radius 2 is 1.60 bits per heavy atom. The Morgan fingerprint density at radius 3 is 2.10 bits per heavy atom. The lowest BCUT2D eigenvalue weighted by molar-refractivity contribution is -0.237. The molecule has 0 saturated heterocycles. The van der Waals surface area contributed by atoms with Crippen LogP contribution in [-0.4, -0.2) is 54.4 Å². The Labute approximate surface area is 175 Å². The van der Waals surface area contributed by atoms with Crippen molar-refractivity contribution >= 4 is 23.5 Å². The van der Waals surface area contributed by atoms with E-state index in [-0.39, 0.29) is 18.8 Å². The molecule has 0 saturated carbocycles. The number of benzene rings is 2. The first kappa shape index (κ1) is 23.7. The van der Waals surface area contributed by atoms with Gasteiger partial charge in [0, 0.05) is 22.4 Å². The van der Waals surface area contributed by atoms with Crippen molar-refractivity contribution in [1.82, 2.24) is 5.06 Å². The Bertz CT molecular complexity index is 856. The van der Waals surface area contributed by atoms with Crippen LogP contribution < -0.4 is 4.74 Å². The van der Waals surface area contributed by atoms with E-state index in [4.69, 9.17) is 9.84 Å². The molecular weight excluding hydrogens is 423 g/mol. The summed E-state index contributed by atoms with van der Waals surface area (Å²) in [5.41, 5.74) is 0.273. The van der Waals surface area contributed by atoms with E-state index in [1.54, 1.807) is 36.4 Å². The fourth-order valence-electron chi connectivity index (χ4n) is 2.26. The van der Waals surface area contributed by atoms with E-state index in [1.165, 1.54) is 18.7 Å². The molecule has 1 N–H and O–H groups in total. The van der Waals surface area contributed by atoms with Crippen molar-refractivity contribution in [1.29, 1.82) is 0 Å². The summed E-state index contributed by atoms with van der Waals surface area (Å²) in [7, 11) is 1.09. The minimum Gasteiger partial charge on any atom is -0.491 e. The highest BCUT2D eigenvalue weighted by Gasteiger charge is 2.43. The van der Waals surface area contributed by atoms with Gasteiger partial charge in [-0.1, -0.05) is 23.9 Å². The zero-order valence-electron chi connectivity index (χ0n) is 16.2. The maximum Gasteiger partial charge on any atom is 0.492 e. The van der Waals surface area contributed by atoms with E-state index >= 15 is 0 Å². The second-order valence-electron chi connectivity index (χ2n) is 6.13. The van der Waals surface area contributed by atoms with Gasteiger partial charge in [0.15, 0.2) is 5.78 Å². The van der Waals surface area contributed by atoms with Crippen LogP contribution in [0.25, 0.3) is 0 Å². The van der Waals surface area contributed by atoms with Crippen LogP contribution in [0, 0.1) is 0 Å². The molecule has 6 nitrogen and oxygen atoms in total. The van der Waals surface area contributed by atoms with Gasteiger partial charge in [0.1, 0.15) is 18.4 Å². The number of likely N-dealkylation sites (N-methyl/N-ethyl adjacent to an activating group) is 1. The third-order valence-corrected chi connectivity index (χ3v) is 4.96. The number of alkyl halides is 3. The van der Waals surface area contributed by atoms with Gasteiger partial charge in [0.05, 0.1) is 6.61 Å². The Kier molecular flexibility index (Phi) is 8.27. The van der Waals surface area contributed by atoms with Crippen molar-refractivity contribution in [3.8, 4) is 5.75 Å². The van der Waals surface area contributed by atoms with Gasteiger partial charge in [-0.25, -0.2) is 4.79 Å². The quantitative estimate of drug-likeness (QED) is 0.468. The number of carbonyl (C=O) groups excluding carboxylic acids is 2. The summed E-state index contributed by atoms with van der Waals surface area (Å²) in [6.07, 6.45) is -5.14. The summed E-state index contributed by atoms with van der Waals surface area (Å²) < 4.78 is 42.2. The number of hydrogen-bond donors (Lipinski definition) is 1. The molecule has 0 aliphatic heterocycles. The highest BCUT2D eigenvalue weighted by atomic mass is 32.2. The van der Waals surface area contributed by atoms with Crippen molar-refractivity contribution in [2.75, 3.05) is 20.3 Å². The first-order chi connectivity index (χ1) is 14.1. The Morgan fingerprint density at radius 1 is 1.07 bits per heavy atom. The van der Waals surface area contributed by atoms with Gasteiger partial charge in [-0.05, 0) is 43.3 Å². The maximum absolute atomic E-state index is 12.5. The van der Waals surface area contributed by atoms with Crippen LogP contribution in [0.1, 0.15) is 17.3 Å². The molecule has 0 spiro atoms. The monoisotopic (exact) mass is 443 g/mol. The molecule has 30 heavy (non-hydrogen) atoms. The topological polar surface area (TPSA) is 76.1 Å². The first-order valence-electron chi connectivity index (χ1n) is 8.79.